The Balaban J connectivity index is 1.77. The van der Waals surface area contributed by atoms with E-state index in [1.165, 1.54) is 6.07 Å². The largest absolute Gasteiger partial charge is 0.507 e. The van der Waals surface area contributed by atoms with Crippen LogP contribution in [0.4, 0.5) is 0 Å². The van der Waals surface area contributed by atoms with Gasteiger partial charge in [0.15, 0.2) is 11.6 Å². The molecule has 5 nitrogen and oxygen atoms in total. The van der Waals surface area contributed by atoms with Crippen LogP contribution in [0.15, 0.2) is 76.9 Å². The van der Waals surface area contributed by atoms with Crippen LogP contribution in [0.1, 0.15) is 55.5 Å². The standard InChI is InChI=1S/C26H27NO4/c1-16-17(2)25(30)23(18(3)24(16)29)20(19-10-5-4-6-11-19)13-9-15-27-26(31)21-12-7-8-14-22(21)28/h4-8,10-12,14,20,28H,9,13,15H2,1-3H3,(H,27,31). The Labute approximate surface area is 182 Å². The topological polar surface area (TPSA) is 83.5 Å². The van der Waals surface area contributed by atoms with Crippen LogP contribution in [-0.2, 0) is 9.59 Å². The molecule has 1 aliphatic carbocycles. The number of allylic oxidation sites excluding steroid dienone is 4. The van der Waals surface area contributed by atoms with Crippen LogP contribution in [0.5, 0.6) is 5.75 Å². The first-order valence-electron chi connectivity index (χ1n) is 10.4. The molecule has 0 saturated carbocycles. The van der Waals surface area contributed by atoms with E-state index in [2.05, 4.69) is 5.32 Å². The highest BCUT2D eigenvalue weighted by molar-refractivity contribution is 6.25. The summed E-state index contributed by atoms with van der Waals surface area (Å²) in [5, 5.41) is 12.7. The summed E-state index contributed by atoms with van der Waals surface area (Å²) in [6.45, 7) is 5.51. The van der Waals surface area contributed by atoms with Crippen LogP contribution in [0.2, 0.25) is 0 Å². The molecule has 1 atom stereocenters. The molecule has 1 aliphatic rings. The highest BCUT2D eigenvalue weighted by Gasteiger charge is 2.33. The number of carbonyl (C=O) groups is 3. The number of carbonyl (C=O) groups excluding carboxylic acids is 3. The third kappa shape index (κ3) is 4.66. The molecule has 2 N–H and O–H groups in total. The van der Waals surface area contributed by atoms with Crippen molar-refractivity contribution < 1.29 is 19.5 Å². The fraction of sp³-hybridized carbons (Fsp3) is 0.269. The predicted octanol–water partition coefficient (Wildman–Crippen LogP) is 4.49. The van der Waals surface area contributed by atoms with Crippen molar-refractivity contribution in [3.8, 4) is 5.75 Å². The number of phenols is 1. The zero-order chi connectivity index (χ0) is 22.5. The number of nitrogens with one attached hydrogen (secondary N) is 1. The van der Waals surface area contributed by atoms with Crippen molar-refractivity contribution in [3.05, 3.63) is 88.0 Å². The Kier molecular flexibility index (Phi) is 6.85. The number of rotatable bonds is 7. The van der Waals surface area contributed by atoms with Gasteiger partial charge in [0.05, 0.1) is 5.56 Å². The average molecular weight is 418 g/mol. The molecular formula is C26H27NO4. The van der Waals surface area contributed by atoms with Crippen LogP contribution >= 0.6 is 0 Å². The summed E-state index contributed by atoms with van der Waals surface area (Å²) < 4.78 is 0. The molecule has 0 heterocycles. The third-order valence-corrected chi connectivity index (χ3v) is 5.89. The highest BCUT2D eigenvalue weighted by Crippen LogP contribution is 2.37. The average Bonchev–Trinajstić information content (AvgIpc) is 2.78. The second-order valence-corrected chi connectivity index (χ2v) is 7.83. The molecular weight excluding hydrogens is 390 g/mol. The Bertz CT molecular complexity index is 1080. The molecule has 0 fully saturated rings. The molecule has 1 unspecified atom stereocenters. The van der Waals surface area contributed by atoms with E-state index in [-0.39, 0.29) is 34.7 Å². The summed E-state index contributed by atoms with van der Waals surface area (Å²) >= 11 is 0. The zero-order valence-corrected chi connectivity index (χ0v) is 18.1. The summed E-state index contributed by atoms with van der Waals surface area (Å²) in [7, 11) is 0. The molecule has 0 spiro atoms. The molecule has 2 aromatic rings. The van der Waals surface area contributed by atoms with Gasteiger partial charge in [0.25, 0.3) is 5.91 Å². The maximum Gasteiger partial charge on any atom is 0.255 e. The minimum atomic E-state index is -0.344. The van der Waals surface area contributed by atoms with Gasteiger partial charge in [-0.05, 0) is 51.3 Å². The lowest BCUT2D eigenvalue weighted by Crippen LogP contribution is -2.27. The van der Waals surface area contributed by atoms with Crippen molar-refractivity contribution >= 4 is 17.5 Å². The van der Waals surface area contributed by atoms with Crippen molar-refractivity contribution in [1.82, 2.24) is 5.32 Å². The molecule has 2 aromatic carbocycles. The molecule has 0 aromatic heterocycles. The first-order chi connectivity index (χ1) is 14.8. The van der Waals surface area contributed by atoms with Gasteiger partial charge in [-0.25, -0.2) is 0 Å². The van der Waals surface area contributed by atoms with E-state index < -0.39 is 0 Å². The Hall–Kier alpha value is -3.47. The SMILES string of the molecule is CC1=C(C)C(=O)C(C(CCCNC(=O)c2ccccc2O)c2ccccc2)=C(C)C1=O. The maximum atomic E-state index is 13.1. The van der Waals surface area contributed by atoms with Crippen LogP contribution in [0.3, 0.4) is 0 Å². The number of ketones is 2. The van der Waals surface area contributed by atoms with E-state index in [1.807, 2.05) is 30.3 Å². The molecule has 3 rings (SSSR count). The first-order valence-corrected chi connectivity index (χ1v) is 10.4. The summed E-state index contributed by atoms with van der Waals surface area (Å²) in [6.07, 6.45) is 1.21. The fourth-order valence-electron chi connectivity index (χ4n) is 3.97. The number of phenolic OH excluding ortho intramolecular Hbond substituents is 1. The predicted molar refractivity (Wildman–Crippen MR) is 120 cm³/mol. The number of hydrogen-bond donors (Lipinski definition) is 2. The van der Waals surface area contributed by atoms with Gasteiger partial charge in [0.2, 0.25) is 0 Å². The normalized spacial score (nSPS) is 15.3. The van der Waals surface area contributed by atoms with Crippen molar-refractivity contribution in [2.45, 2.75) is 39.5 Å². The highest BCUT2D eigenvalue weighted by atomic mass is 16.3. The summed E-state index contributed by atoms with van der Waals surface area (Å²) in [6, 6.07) is 16.1. The first kappa shape index (κ1) is 22.2. The van der Waals surface area contributed by atoms with Crippen LogP contribution in [0, 0.1) is 0 Å². The Morgan fingerprint density at radius 2 is 1.48 bits per heavy atom. The van der Waals surface area contributed by atoms with E-state index in [0.29, 0.717) is 41.7 Å². The smallest absolute Gasteiger partial charge is 0.255 e. The lowest BCUT2D eigenvalue weighted by atomic mass is 9.76. The number of para-hydroxylation sites is 1. The molecule has 0 bridgehead atoms. The van der Waals surface area contributed by atoms with Gasteiger partial charge < -0.3 is 10.4 Å². The summed E-state index contributed by atoms with van der Waals surface area (Å²) in [5.41, 5.74) is 3.25. The van der Waals surface area contributed by atoms with Crippen LogP contribution < -0.4 is 5.32 Å². The number of benzene rings is 2. The quantitative estimate of drug-likeness (QED) is 0.514. The molecule has 0 saturated heterocycles. The second-order valence-electron chi connectivity index (χ2n) is 7.83. The van der Waals surface area contributed by atoms with Gasteiger partial charge in [0, 0.05) is 34.8 Å². The van der Waals surface area contributed by atoms with Gasteiger partial charge in [-0.2, -0.15) is 0 Å². The van der Waals surface area contributed by atoms with Gasteiger partial charge in [-0.1, -0.05) is 42.5 Å². The van der Waals surface area contributed by atoms with E-state index in [1.54, 1.807) is 39.0 Å². The molecule has 31 heavy (non-hydrogen) atoms. The minimum Gasteiger partial charge on any atom is -0.507 e. The monoisotopic (exact) mass is 417 g/mol. The molecule has 0 aliphatic heterocycles. The number of Topliss-reactive ketones (excluding diaryl/α,β-unsaturated/α-hetero) is 2. The van der Waals surface area contributed by atoms with Gasteiger partial charge >= 0.3 is 0 Å². The number of aromatic hydroxyl groups is 1. The van der Waals surface area contributed by atoms with E-state index >= 15 is 0 Å². The van der Waals surface area contributed by atoms with Crippen molar-refractivity contribution in [1.29, 1.82) is 0 Å². The summed E-state index contributed by atoms with van der Waals surface area (Å²) in [5.74, 6) is -0.805. The van der Waals surface area contributed by atoms with Gasteiger partial charge in [-0.15, -0.1) is 0 Å². The van der Waals surface area contributed by atoms with Crippen molar-refractivity contribution in [2.75, 3.05) is 6.54 Å². The lowest BCUT2D eigenvalue weighted by molar-refractivity contribution is -0.116. The Morgan fingerprint density at radius 3 is 2.16 bits per heavy atom. The minimum absolute atomic E-state index is 0.0631. The van der Waals surface area contributed by atoms with Crippen molar-refractivity contribution in [3.63, 3.8) is 0 Å². The fourth-order valence-corrected chi connectivity index (χ4v) is 3.97. The molecule has 160 valence electrons. The number of hydrogen-bond acceptors (Lipinski definition) is 4. The van der Waals surface area contributed by atoms with E-state index in [0.717, 1.165) is 5.56 Å². The van der Waals surface area contributed by atoms with Crippen LogP contribution in [-0.4, -0.2) is 29.1 Å². The Morgan fingerprint density at radius 1 is 0.871 bits per heavy atom. The van der Waals surface area contributed by atoms with Gasteiger partial charge in [0.1, 0.15) is 5.75 Å². The van der Waals surface area contributed by atoms with E-state index in [9.17, 15) is 19.5 Å². The summed E-state index contributed by atoms with van der Waals surface area (Å²) in [4.78, 5) is 38.1. The molecule has 5 heteroatoms. The maximum absolute atomic E-state index is 13.1. The van der Waals surface area contributed by atoms with E-state index in [4.69, 9.17) is 0 Å². The second kappa shape index (κ2) is 9.56. The molecule has 0 radical (unpaired) electrons. The third-order valence-electron chi connectivity index (χ3n) is 5.89. The van der Waals surface area contributed by atoms with Crippen molar-refractivity contribution in [2.24, 2.45) is 0 Å². The van der Waals surface area contributed by atoms with Crippen LogP contribution in [0.25, 0.3) is 0 Å². The molecule has 1 amide bonds. The lowest BCUT2D eigenvalue weighted by Gasteiger charge is -2.26. The van der Waals surface area contributed by atoms with Gasteiger partial charge in [-0.3, -0.25) is 14.4 Å². The number of amides is 1. The zero-order valence-electron chi connectivity index (χ0n) is 18.1.